The molecule has 0 spiro atoms. The quantitative estimate of drug-likeness (QED) is 0.426. The lowest BCUT2D eigenvalue weighted by atomic mass is 9.91. The lowest BCUT2D eigenvalue weighted by molar-refractivity contribution is -0.115. The maximum absolute atomic E-state index is 11.8. The van der Waals surface area contributed by atoms with Gasteiger partial charge in [-0.05, 0) is 67.3 Å². The van der Waals surface area contributed by atoms with E-state index in [-0.39, 0.29) is 11.1 Å². The average Bonchev–Trinajstić information content (AvgIpc) is 3.49. The number of rotatable bonds is 7. The summed E-state index contributed by atoms with van der Waals surface area (Å²) in [5.41, 5.74) is 2.95. The Balaban J connectivity index is 1.13. The van der Waals surface area contributed by atoms with Crippen LogP contribution in [-0.4, -0.2) is 33.2 Å². The monoisotopic (exact) mass is 475 g/mol. The Morgan fingerprint density at radius 2 is 1.88 bits per heavy atom. The van der Waals surface area contributed by atoms with Crippen molar-refractivity contribution in [1.29, 1.82) is 0 Å². The number of furan rings is 1. The molecule has 0 atom stereocenters. The Bertz CT molecular complexity index is 1200. The van der Waals surface area contributed by atoms with Gasteiger partial charge < -0.3 is 15.1 Å². The van der Waals surface area contributed by atoms with Crippen molar-refractivity contribution in [2.45, 2.75) is 44.3 Å². The molecule has 8 nitrogen and oxygen atoms in total. The van der Waals surface area contributed by atoms with Crippen molar-refractivity contribution in [3.63, 3.8) is 0 Å². The van der Waals surface area contributed by atoms with E-state index in [4.69, 9.17) is 4.42 Å². The van der Waals surface area contributed by atoms with Gasteiger partial charge in [-0.3, -0.25) is 14.9 Å². The van der Waals surface area contributed by atoms with Gasteiger partial charge in [-0.25, -0.2) is 9.97 Å². The van der Waals surface area contributed by atoms with Crippen molar-refractivity contribution in [2.24, 2.45) is 0 Å². The van der Waals surface area contributed by atoms with E-state index in [9.17, 15) is 9.59 Å². The number of aromatic nitrogens is 2. The second-order valence-corrected chi connectivity index (χ2v) is 9.38. The van der Waals surface area contributed by atoms with Crippen LogP contribution in [0, 0.1) is 0 Å². The van der Waals surface area contributed by atoms with Crippen molar-refractivity contribution in [3.8, 4) is 11.3 Å². The van der Waals surface area contributed by atoms with Crippen LogP contribution in [0.5, 0.6) is 0 Å². The zero-order valence-corrected chi connectivity index (χ0v) is 19.3. The second-order valence-electron chi connectivity index (χ2n) is 8.37. The van der Waals surface area contributed by atoms with E-state index in [2.05, 4.69) is 44.1 Å². The fourth-order valence-corrected chi connectivity index (χ4v) is 4.97. The van der Waals surface area contributed by atoms with Crippen LogP contribution < -0.4 is 16.0 Å². The van der Waals surface area contributed by atoms with Gasteiger partial charge in [-0.15, -0.1) is 0 Å². The lowest BCUT2D eigenvalue weighted by Gasteiger charge is -2.30. The number of carbonyl (C=O) groups excluding carboxylic acids is 2. The van der Waals surface area contributed by atoms with E-state index in [1.54, 1.807) is 24.6 Å². The predicted molar refractivity (Wildman–Crippen MR) is 132 cm³/mol. The standard InChI is InChI=1S/C25H25N5O3S/c31-23-22(34-25(32)30-23)14-19-11-12-26-24(29-19)28-18-9-7-17(8-10-18)27-15-16-4-1-2-5-20(16)21-6-3-13-33-21/h1-6,11-14,17-18,27H,7-10,15H2,(H,26,28,29)(H,30,31,32). The molecule has 3 N–H and O–H groups in total. The Labute approximate surface area is 201 Å². The highest BCUT2D eigenvalue weighted by atomic mass is 32.2. The Hall–Kier alpha value is -3.43. The second kappa shape index (κ2) is 10.2. The van der Waals surface area contributed by atoms with Crippen LogP contribution in [0.15, 0.2) is 64.2 Å². The highest BCUT2D eigenvalue weighted by Gasteiger charge is 2.25. The van der Waals surface area contributed by atoms with E-state index < -0.39 is 0 Å². The molecule has 0 radical (unpaired) electrons. The van der Waals surface area contributed by atoms with Gasteiger partial charge in [0.2, 0.25) is 5.95 Å². The molecule has 34 heavy (non-hydrogen) atoms. The topological polar surface area (TPSA) is 109 Å². The van der Waals surface area contributed by atoms with Crippen molar-refractivity contribution >= 4 is 34.9 Å². The first-order chi connectivity index (χ1) is 16.6. The van der Waals surface area contributed by atoms with Gasteiger partial charge in [0.05, 0.1) is 16.9 Å². The minimum Gasteiger partial charge on any atom is -0.464 e. The summed E-state index contributed by atoms with van der Waals surface area (Å²) in [7, 11) is 0. The van der Waals surface area contributed by atoms with Crippen LogP contribution in [0.1, 0.15) is 36.9 Å². The number of benzene rings is 1. The molecule has 1 aromatic carbocycles. The molecule has 9 heteroatoms. The number of thioether (sulfide) groups is 1. The molecule has 1 aliphatic heterocycles. The first-order valence-electron chi connectivity index (χ1n) is 11.3. The first kappa shape index (κ1) is 22.4. The molecule has 174 valence electrons. The van der Waals surface area contributed by atoms with Crippen molar-refractivity contribution < 1.29 is 14.0 Å². The summed E-state index contributed by atoms with van der Waals surface area (Å²) in [6.07, 6.45) is 9.11. The van der Waals surface area contributed by atoms with Gasteiger partial charge >= 0.3 is 0 Å². The molecule has 0 bridgehead atoms. The number of nitrogens with zero attached hydrogens (tertiary/aromatic N) is 2. The normalized spacial score (nSPS) is 21.6. The molecule has 1 saturated carbocycles. The van der Waals surface area contributed by atoms with Crippen LogP contribution in [-0.2, 0) is 11.3 Å². The van der Waals surface area contributed by atoms with E-state index in [0.717, 1.165) is 55.3 Å². The van der Waals surface area contributed by atoms with Crippen LogP contribution in [0.2, 0.25) is 0 Å². The summed E-state index contributed by atoms with van der Waals surface area (Å²) < 4.78 is 5.59. The number of anilines is 1. The Kier molecular flexibility index (Phi) is 6.73. The predicted octanol–water partition coefficient (Wildman–Crippen LogP) is 4.57. The number of amides is 2. The summed E-state index contributed by atoms with van der Waals surface area (Å²) in [5, 5.41) is 9.01. The fourth-order valence-electron chi connectivity index (χ4n) is 4.30. The van der Waals surface area contributed by atoms with Crippen LogP contribution in [0.25, 0.3) is 17.4 Å². The lowest BCUT2D eigenvalue weighted by Crippen LogP contribution is -2.37. The molecule has 1 saturated heterocycles. The van der Waals surface area contributed by atoms with E-state index >= 15 is 0 Å². The van der Waals surface area contributed by atoms with Crippen LogP contribution in [0.3, 0.4) is 0 Å². The summed E-state index contributed by atoms with van der Waals surface area (Å²) >= 11 is 0.882. The van der Waals surface area contributed by atoms with Crippen LogP contribution in [0.4, 0.5) is 10.7 Å². The van der Waals surface area contributed by atoms with Crippen molar-refractivity contribution in [1.82, 2.24) is 20.6 Å². The highest BCUT2D eigenvalue weighted by Crippen LogP contribution is 2.27. The molecule has 3 aromatic rings. The zero-order chi connectivity index (χ0) is 23.3. The van der Waals surface area contributed by atoms with Crippen molar-refractivity contribution in [2.75, 3.05) is 5.32 Å². The number of hydrogen-bond donors (Lipinski definition) is 3. The van der Waals surface area contributed by atoms with Gasteiger partial charge in [0.15, 0.2) is 0 Å². The van der Waals surface area contributed by atoms with E-state index in [1.165, 1.54) is 5.56 Å². The maximum Gasteiger partial charge on any atom is 0.290 e. The Morgan fingerprint density at radius 1 is 1.06 bits per heavy atom. The fraction of sp³-hybridized carbons (Fsp3) is 0.280. The number of carbonyl (C=O) groups is 2. The molecule has 2 amide bonds. The molecule has 0 unspecified atom stereocenters. The summed E-state index contributed by atoms with van der Waals surface area (Å²) in [5.74, 6) is 1.04. The summed E-state index contributed by atoms with van der Waals surface area (Å²) in [6, 6.07) is 14.7. The van der Waals surface area contributed by atoms with E-state index in [0.29, 0.717) is 28.6 Å². The summed E-state index contributed by atoms with van der Waals surface area (Å²) in [4.78, 5) is 32.3. The minimum atomic E-state index is -0.388. The molecule has 3 heterocycles. The molecule has 1 aliphatic carbocycles. The first-order valence-corrected chi connectivity index (χ1v) is 12.2. The van der Waals surface area contributed by atoms with Crippen LogP contribution >= 0.6 is 11.8 Å². The minimum absolute atomic E-state index is 0.294. The molecule has 2 aliphatic rings. The SMILES string of the molecule is O=C1NC(=O)C(=Cc2ccnc(NC3CCC(NCc4ccccc4-c4ccco4)CC3)n2)S1. The van der Waals surface area contributed by atoms with Gasteiger partial charge in [0.1, 0.15) is 5.76 Å². The largest absolute Gasteiger partial charge is 0.464 e. The third-order valence-electron chi connectivity index (χ3n) is 6.04. The zero-order valence-electron chi connectivity index (χ0n) is 18.5. The third-order valence-corrected chi connectivity index (χ3v) is 6.85. The third kappa shape index (κ3) is 5.37. The average molecular weight is 476 g/mol. The molecular formula is C25H25N5O3S. The molecule has 5 rings (SSSR count). The van der Waals surface area contributed by atoms with Crippen molar-refractivity contribution in [3.05, 3.63) is 71.1 Å². The van der Waals surface area contributed by atoms with Gasteiger partial charge in [-0.1, -0.05) is 24.3 Å². The maximum atomic E-state index is 11.8. The number of hydrogen-bond acceptors (Lipinski definition) is 8. The van der Waals surface area contributed by atoms with Gasteiger partial charge in [0.25, 0.3) is 11.1 Å². The number of imide groups is 1. The smallest absolute Gasteiger partial charge is 0.290 e. The molecule has 2 aromatic heterocycles. The van der Waals surface area contributed by atoms with Gasteiger partial charge in [0, 0.05) is 30.4 Å². The number of nitrogens with one attached hydrogen (secondary N) is 3. The summed E-state index contributed by atoms with van der Waals surface area (Å²) in [6.45, 7) is 0.799. The highest BCUT2D eigenvalue weighted by molar-refractivity contribution is 8.18. The van der Waals surface area contributed by atoms with Gasteiger partial charge in [-0.2, -0.15) is 0 Å². The Morgan fingerprint density at radius 3 is 2.65 bits per heavy atom. The molecule has 2 fully saturated rings. The van der Waals surface area contributed by atoms with E-state index in [1.807, 2.05) is 18.2 Å². The molecular weight excluding hydrogens is 450 g/mol.